The van der Waals surface area contributed by atoms with Crippen LogP contribution in [0.1, 0.15) is 0 Å². The number of rotatable bonds is 4. The van der Waals surface area contributed by atoms with Gasteiger partial charge < -0.3 is 10.5 Å². The highest BCUT2D eigenvalue weighted by Crippen LogP contribution is 2.11. The van der Waals surface area contributed by atoms with Gasteiger partial charge in [0.25, 0.3) is 0 Å². The molecule has 1 aromatic rings. The lowest BCUT2D eigenvalue weighted by molar-refractivity contribution is 0.347. The first kappa shape index (κ1) is 10.7. The SMILES string of the molecule is NC/C(=C\F)COc1ccc(F)cc1. The summed E-state index contributed by atoms with van der Waals surface area (Å²) in [5.74, 6) is 0.150. The van der Waals surface area contributed by atoms with E-state index in [2.05, 4.69) is 0 Å². The molecule has 0 heterocycles. The Morgan fingerprint density at radius 3 is 2.50 bits per heavy atom. The number of benzene rings is 1. The Balaban J connectivity index is 2.49. The third-order valence-electron chi connectivity index (χ3n) is 1.65. The first-order valence-corrected chi connectivity index (χ1v) is 4.13. The Labute approximate surface area is 81.0 Å². The van der Waals surface area contributed by atoms with Crippen molar-refractivity contribution in [2.45, 2.75) is 0 Å². The zero-order valence-corrected chi connectivity index (χ0v) is 7.54. The second-order valence-electron chi connectivity index (χ2n) is 2.71. The number of hydrogen-bond donors (Lipinski definition) is 1. The van der Waals surface area contributed by atoms with Gasteiger partial charge in [-0.1, -0.05) is 0 Å². The van der Waals surface area contributed by atoms with E-state index in [4.69, 9.17) is 10.5 Å². The quantitative estimate of drug-likeness (QED) is 0.805. The van der Waals surface area contributed by atoms with E-state index in [1.807, 2.05) is 0 Å². The zero-order valence-electron chi connectivity index (χ0n) is 7.54. The maximum Gasteiger partial charge on any atom is 0.123 e. The van der Waals surface area contributed by atoms with Crippen molar-refractivity contribution in [3.63, 3.8) is 0 Å². The van der Waals surface area contributed by atoms with Gasteiger partial charge in [0.05, 0.1) is 6.33 Å². The molecule has 0 saturated carbocycles. The largest absolute Gasteiger partial charge is 0.489 e. The number of ether oxygens (including phenoxy) is 1. The van der Waals surface area contributed by atoms with E-state index in [0.29, 0.717) is 17.7 Å². The van der Waals surface area contributed by atoms with E-state index in [0.717, 1.165) is 0 Å². The zero-order chi connectivity index (χ0) is 10.4. The van der Waals surface area contributed by atoms with E-state index in [1.165, 1.54) is 24.3 Å². The molecule has 0 aliphatic heterocycles. The van der Waals surface area contributed by atoms with Gasteiger partial charge in [0.1, 0.15) is 18.2 Å². The van der Waals surface area contributed by atoms with Crippen LogP contribution in [-0.2, 0) is 0 Å². The van der Waals surface area contributed by atoms with Crippen molar-refractivity contribution < 1.29 is 13.5 Å². The topological polar surface area (TPSA) is 35.2 Å². The minimum Gasteiger partial charge on any atom is -0.489 e. The van der Waals surface area contributed by atoms with Crippen LogP contribution in [0, 0.1) is 5.82 Å². The molecule has 0 atom stereocenters. The van der Waals surface area contributed by atoms with Gasteiger partial charge in [-0.25, -0.2) is 8.78 Å². The lowest BCUT2D eigenvalue weighted by Gasteiger charge is -2.06. The van der Waals surface area contributed by atoms with E-state index < -0.39 is 0 Å². The molecule has 0 radical (unpaired) electrons. The molecule has 0 saturated heterocycles. The molecule has 76 valence electrons. The third-order valence-corrected chi connectivity index (χ3v) is 1.65. The van der Waals surface area contributed by atoms with Crippen molar-refractivity contribution in [2.24, 2.45) is 5.73 Å². The predicted molar refractivity (Wildman–Crippen MR) is 50.1 cm³/mol. The van der Waals surface area contributed by atoms with Crippen molar-refractivity contribution in [3.8, 4) is 5.75 Å². The predicted octanol–water partition coefficient (Wildman–Crippen LogP) is 2.02. The van der Waals surface area contributed by atoms with Gasteiger partial charge in [-0.05, 0) is 24.3 Å². The van der Waals surface area contributed by atoms with Crippen LogP contribution < -0.4 is 10.5 Å². The minimum absolute atomic E-state index is 0.0820. The second-order valence-corrected chi connectivity index (χ2v) is 2.71. The van der Waals surface area contributed by atoms with Crippen molar-refractivity contribution in [1.82, 2.24) is 0 Å². The molecule has 2 nitrogen and oxygen atoms in total. The average Bonchev–Trinajstić information content (AvgIpc) is 2.22. The minimum atomic E-state index is -0.336. The molecule has 0 unspecified atom stereocenters. The molecule has 1 aromatic carbocycles. The third kappa shape index (κ3) is 3.14. The summed E-state index contributed by atoms with van der Waals surface area (Å²) in [6.45, 7) is 0.191. The first-order chi connectivity index (χ1) is 6.76. The summed E-state index contributed by atoms with van der Waals surface area (Å²) in [4.78, 5) is 0. The van der Waals surface area contributed by atoms with Gasteiger partial charge in [-0.2, -0.15) is 0 Å². The van der Waals surface area contributed by atoms with E-state index >= 15 is 0 Å². The van der Waals surface area contributed by atoms with Crippen molar-refractivity contribution in [3.05, 3.63) is 42.0 Å². The Kier molecular flexibility index (Phi) is 4.07. The van der Waals surface area contributed by atoms with Crippen LogP contribution in [0.2, 0.25) is 0 Å². The molecule has 1 rings (SSSR count). The molecule has 14 heavy (non-hydrogen) atoms. The summed E-state index contributed by atoms with van der Waals surface area (Å²) < 4.78 is 29.7. The normalized spacial score (nSPS) is 11.5. The molecule has 0 aromatic heterocycles. The maximum absolute atomic E-state index is 12.5. The standard InChI is InChI=1S/C10H11F2NO/c11-5-8(6-13)7-14-10-3-1-9(12)2-4-10/h1-5H,6-7,13H2/b8-5+. The van der Waals surface area contributed by atoms with Crippen molar-refractivity contribution in [2.75, 3.05) is 13.2 Å². The van der Waals surface area contributed by atoms with Crippen LogP contribution in [0.15, 0.2) is 36.2 Å². The lowest BCUT2D eigenvalue weighted by Crippen LogP contribution is -2.10. The van der Waals surface area contributed by atoms with Crippen LogP contribution in [0.4, 0.5) is 8.78 Å². The van der Waals surface area contributed by atoms with Gasteiger partial charge in [0.2, 0.25) is 0 Å². The Hall–Kier alpha value is -1.42. The summed E-state index contributed by atoms with van der Waals surface area (Å²) in [7, 11) is 0. The molecule has 0 aliphatic carbocycles. The van der Waals surface area contributed by atoms with E-state index in [1.54, 1.807) is 0 Å². The van der Waals surface area contributed by atoms with Crippen molar-refractivity contribution >= 4 is 0 Å². The maximum atomic E-state index is 12.5. The molecule has 0 amide bonds. The van der Waals surface area contributed by atoms with Gasteiger partial charge in [0, 0.05) is 12.1 Å². The highest BCUT2D eigenvalue weighted by atomic mass is 19.1. The number of hydrogen-bond acceptors (Lipinski definition) is 2. The van der Waals surface area contributed by atoms with Gasteiger partial charge in [0.15, 0.2) is 0 Å². The number of nitrogens with two attached hydrogens (primary N) is 1. The Bertz CT molecular complexity index is 308. The van der Waals surface area contributed by atoms with Gasteiger partial charge in [-0.3, -0.25) is 0 Å². The van der Waals surface area contributed by atoms with Crippen LogP contribution in [-0.4, -0.2) is 13.2 Å². The Morgan fingerprint density at radius 1 is 1.36 bits per heavy atom. The number of halogens is 2. The fourth-order valence-electron chi connectivity index (χ4n) is 0.842. The fraction of sp³-hybridized carbons (Fsp3) is 0.200. The molecule has 0 spiro atoms. The summed E-state index contributed by atoms with van der Waals surface area (Å²) in [5, 5.41) is 0. The van der Waals surface area contributed by atoms with Gasteiger partial charge in [-0.15, -0.1) is 0 Å². The molecule has 0 bridgehead atoms. The molecule has 2 N–H and O–H groups in total. The fourth-order valence-corrected chi connectivity index (χ4v) is 0.842. The van der Waals surface area contributed by atoms with Crippen molar-refractivity contribution in [1.29, 1.82) is 0 Å². The average molecular weight is 199 g/mol. The van der Waals surface area contributed by atoms with Crippen LogP contribution >= 0.6 is 0 Å². The van der Waals surface area contributed by atoms with Crippen LogP contribution in [0.25, 0.3) is 0 Å². The molecule has 0 fully saturated rings. The highest BCUT2D eigenvalue weighted by molar-refractivity contribution is 5.22. The first-order valence-electron chi connectivity index (χ1n) is 4.13. The van der Waals surface area contributed by atoms with E-state index in [9.17, 15) is 8.78 Å². The molecule has 4 heteroatoms. The molecular weight excluding hydrogens is 188 g/mol. The van der Waals surface area contributed by atoms with Crippen LogP contribution in [0.5, 0.6) is 5.75 Å². The molecule has 0 aliphatic rings. The smallest absolute Gasteiger partial charge is 0.123 e. The second kappa shape index (κ2) is 5.34. The van der Waals surface area contributed by atoms with E-state index in [-0.39, 0.29) is 19.0 Å². The van der Waals surface area contributed by atoms with Crippen LogP contribution in [0.3, 0.4) is 0 Å². The summed E-state index contributed by atoms with van der Waals surface area (Å²) in [6.07, 6.45) is 0.420. The summed E-state index contributed by atoms with van der Waals surface area (Å²) in [6, 6.07) is 5.50. The summed E-state index contributed by atoms with van der Waals surface area (Å²) >= 11 is 0. The monoisotopic (exact) mass is 199 g/mol. The highest BCUT2D eigenvalue weighted by Gasteiger charge is 1.97. The summed E-state index contributed by atoms with van der Waals surface area (Å²) in [5.41, 5.74) is 5.58. The Morgan fingerprint density at radius 2 is 2.00 bits per heavy atom. The lowest BCUT2D eigenvalue weighted by atomic mass is 10.3. The van der Waals surface area contributed by atoms with Gasteiger partial charge >= 0.3 is 0 Å². The molecular formula is C10H11F2NO.